The maximum atomic E-state index is 13.4. The summed E-state index contributed by atoms with van der Waals surface area (Å²) < 4.78 is 1.78. The maximum absolute atomic E-state index is 13.4. The predicted molar refractivity (Wildman–Crippen MR) is 101 cm³/mol. The number of aromatic nitrogens is 2. The number of amides is 1. The first-order chi connectivity index (χ1) is 11.8. The highest BCUT2D eigenvalue weighted by Crippen LogP contribution is 2.23. The first kappa shape index (κ1) is 19.2. The van der Waals surface area contributed by atoms with Crippen molar-refractivity contribution in [3.63, 3.8) is 0 Å². The molecule has 5 heteroatoms. The Morgan fingerprint density at radius 1 is 1.28 bits per heavy atom. The summed E-state index contributed by atoms with van der Waals surface area (Å²) in [5.41, 5.74) is 3.26. The zero-order valence-corrected chi connectivity index (χ0v) is 16.2. The maximum Gasteiger partial charge on any atom is 0.244 e. The Bertz CT molecular complexity index is 705. The highest BCUT2D eigenvalue weighted by Gasteiger charge is 2.28. The Hall–Kier alpha value is -2.14. The Labute approximate surface area is 151 Å². The summed E-state index contributed by atoms with van der Waals surface area (Å²) >= 11 is 0. The normalized spacial score (nSPS) is 12.6. The van der Waals surface area contributed by atoms with Crippen LogP contribution >= 0.6 is 0 Å². The van der Waals surface area contributed by atoms with E-state index in [4.69, 9.17) is 0 Å². The number of hydrogen-bond acceptors (Lipinski definition) is 3. The average molecular weight is 342 g/mol. The van der Waals surface area contributed by atoms with Gasteiger partial charge in [-0.05, 0) is 32.5 Å². The molecule has 0 aliphatic rings. The number of hydrogen-bond donors (Lipinski definition) is 0. The van der Waals surface area contributed by atoms with E-state index in [2.05, 4.69) is 38.0 Å². The largest absolute Gasteiger partial charge is 0.336 e. The first-order valence-electron chi connectivity index (χ1n) is 8.77. The van der Waals surface area contributed by atoms with Crippen LogP contribution in [0.2, 0.25) is 0 Å². The third-order valence-corrected chi connectivity index (χ3v) is 4.14. The van der Waals surface area contributed by atoms with Gasteiger partial charge in [-0.3, -0.25) is 14.4 Å². The van der Waals surface area contributed by atoms with Gasteiger partial charge in [0, 0.05) is 31.9 Å². The summed E-state index contributed by atoms with van der Waals surface area (Å²) in [6.45, 7) is 7.65. The number of carbonyl (C=O) groups is 1. The lowest BCUT2D eigenvalue weighted by Crippen LogP contribution is -2.41. The highest BCUT2D eigenvalue weighted by atomic mass is 16.2. The van der Waals surface area contributed by atoms with Crippen LogP contribution in [0.3, 0.4) is 0 Å². The first-order valence-corrected chi connectivity index (χ1v) is 8.77. The second kappa shape index (κ2) is 8.30. The average Bonchev–Trinajstić information content (AvgIpc) is 2.91. The monoisotopic (exact) mass is 342 g/mol. The van der Waals surface area contributed by atoms with E-state index in [9.17, 15) is 4.79 Å². The third-order valence-electron chi connectivity index (χ3n) is 4.14. The van der Waals surface area contributed by atoms with E-state index in [0.717, 1.165) is 17.7 Å². The summed E-state index contributed by atoms with van der Waals surface area (Å²) in [6, 6.07) is 7.92. The molecule has 5 nitrogen and oxygen atoms in total. The van der Waals surface area contributed by atoms with Crippen molar-refractivity contribution in [2.45, 2.75) is 33.4 Å². The van der Waals surface area contributed by atoms with E-state index < -0.39 is 0 Å². The van der Waals surface area contributed by atoms with Crippen LogP contribution in [0.4, 0.5) is 0 Å². The molecule has 0 saturated carbocycles. The van der Waals surface area contributed by atoms with Crippen LogP contribution in [0, 0.1) is 12.8 Å². The summed E-state index contributed by atoms with van der Waals surface area (Å²) in [6.07, 6.45) is 3.80. The molecule has 2 rings (SSSR count). The van der Waals surface area contributed by atoms with E-state index >= 15 is 0 Å². The SMILES string of the molecule is Cc1cccc(C(C(=O)N(Cc2cnn(C)c2)CC(C)C)N(C)C)c1. The number of likely N-dealkylation sites (N-methyl/N-ethyl adjacent to an activating group) is 1. The minimum atomic E-state index is -0.282. The molecule has 136 valence electrons. The Morgan fingerprint density at radius 3 is 2.52 bits per heavy atom. The van der Waals surface area contributed by atoms with Crippen molar-refractivity contribution >= 4 is 5.91 Å². The minimum Gasteiger partial charge on any atom is -0.336 e. The van der Waals surface area contributed by atoms with E-state index in [1.165, 1.54) is 5.56 Å². The van der Waals surface area contributed by atoms with Crippen molar-refractivity contribution in [2.75, 3.05) is 20.6 Å². The van der Waals surface area contributed by atoms with Crippen LogP contribution in [0.15, 0.2) is 36.7 Å². The van der Waals surface area contributed by atoms with Gasteiger partial charge in [0.15, 0.2) is 0 Å². The fraction of sp³-hybridized carbons (Fsp3) is 0.500. The van der Waals surface area contributed by atoms with E-state index in [-0.39, 0.29) is 11.9 Å². The molecule has 1 heterocycles. The van der Waals surface area contributed by atoms with Gasteiger partial charge in [0.2, 0.25) is 5.91 Å². The lowest BCUT2D eigenvalue weighted by atomic mass is 10.0. The van der Waals surface area contributed by atoms with Gasteiger partial charge in [-0.25, -0.2) is 0 Å². The summed E-state index contributed by atoms with van der Waals surface area (Å²) in [5.74, 6) is 0.536. The molecule has 0 bridgehead atoms. The number of rotatable bonds is 7. The van der Waals surface area contributed by atoms with Crippen molar-refractivity contribution in [3.8, 4) is 0 Å². The molecular formula is C20H30N4O. The summed E-state index contributed by atoms with van der Waals surface area (Å²) in [5, 5.41) is 4.23. The van der Waals surface area contributed by atoms with E-state index in [1.807, 2.05) is 55.5 Å². The molecule has 0 N–H and O–H groups in total. The Kier molecular flexibility index (Phi) is 6.37. The molecule has 1 aromatic heterocycles. The fourth-order valence-electron chi connectivity index (χ4n) is 3.12. The van der Waals surface area contributed by atoms with Crippen LogP contribution in [0.25, 0.3) is 0 Å². The van der Waals surface area contributed by atoms with Gasteiger partial charge < -0.3 is 4.90 Å². The van der Waals surface area contributed by atoms with Gasteiger partial charge >= 0.3 is 0 Å². The summed E-state index contributed by atoms with van der Waals surface area (Å²) in [4.78, 5) is 17.3. The number of aryl methyl sites for hydroxylation is 2. The quantitative estimate of drug-likeness (QED) is 0.777. The van der Waals surface area contributed by atoms with Crippen LogP contribution < -0.4 is 0 Å². The predicted octanol–water partition coefficient (Wildman–Crippen LogP) is 3.02. The Morgan fingerprint density at radius 2 is 2.00 bits per heavy atom. The molecule has 0 aliphatic heterocycles. The molecule has 0 radical (unpaired) electrons. The smallest absolute Gasteiger partial charge is 0.244 e. The molecule has 1 unspecified atom stereocenters. The van der Waals surface area contributed by atoms with Gasteiger partial charge in [-0.2, -0.15) is 5.10 Å². The molecule has 1 amide bonds. The zero-order valence-electron chi connectivity index (χ0n) is 16.2. The number of benzene rings is 1. The molecule has 2 aromatic rings. The molecule has 1 atom stereocenters. The number of carbonyl (C=O) groups excluding carboxylic acids is 1. The van der Waals surface area contributed by atoms with E-state index in [1.54, 1.807) is 4.68 Å². The van der Waals surface area contributed by atoms with Crippen molar-refractivity contribution < 1.29 is 4.79 Å². The standard InChI is InChI=1S/C20H30N4O/c1-15(2)12-24(14-17-11-21-23(6)13-17)20(25)19(22(4)5)18-9-7-8-16(3)10-18/h7-11,13,15,19H,12,14H2,1-6H3. The molecule has 0 aliphatic carbocycles. The minimum absolute atomic E-state index is 0.133. The van der Waals surface area contributed by atoms with Crippen molar-refractivity contribution in [2.24, 2.45) is 13.0 Å². The molecule has 1 aromatic carbocycles. The third kappa shape index (κ3) is 5.16. The second-order valence-electron chi connectivity index (χ2n) is 7.42. The molecule has 25 heavy (non-hydrogen) atoms. The van der Waals surface area contributed by atoms with Gasteiger partial charge in [0.05, 0.1) is 6.20 Å². The van der Waals surface area contributed by atoms with Gasteiger partial charge in [-0.1, -0.05) is 43.7 Å². The van der Waals surface area contributed by atoms with Crippen molar-refractivity contribution in [1.29, 1.82) is 0 Å². The molecular weight excluding hydrogens is 312 g/mol. The van der Waals surface area contributed by atoms with Gasteiger partial charge in [-0.15, -0.1) is 0 Å². The Balaban J connectivity index is 2.30. The fourth-order valence-corrected chi connectivity index (χ4v) is 3.12. The van der Waals surface area contributed by atoms with Crippen LogP contribution in [0.1, 0.15) is 36.6 Å². The van der Waals surface area contributed by atoms with Crippen LogP contribution in [-0.2, 0) is 18.4 Å². The van der Waals surface area contributed by atoms with Crippen molar-refractivity contribution in [1.82, 2.24) is 19.6 Å². The van der Waals surface area contributed by atoms with Crippen LogP contribution in [0.5, 0.6) is 0 Å². The molecule has 0 fully saturated rings. The van der Waals surface area contributed by atoms with Gasteiger partial charge in [0.25, 0.3) is 0 Å². The van der Waals surface area contributed by atoms with Crippen molar-refractivity contribution in [3.05, 3.63) is 53.3 Å². The zero-order chi connectivity index (χ0) is 18.6. The highest BCUT2D eigenvalue weighted by molar-refractivity contribution is 5.83. The lowest BCUT2D eigenvalue weighted by Gasteiger charge is -2.32. The molecule has 0 saturated heterocycles. The van der Waals surface area contributed by atoms with E-state index in [0.29, 0.717) is 12.5 Å². The lowest BCUT2D eigenvalue weighted by molar-refractivity contribution is -0.137. The van der Waals surface area contributed by atoms with Gasteiger partial charge in [0.1, 0.15) is 6.04 Å². The number of nitrogens with zero attached hydrogens (tertiary/aromatic N) is 4. The second-order valence-corrected chi connectivity index (χ2v) is 7.42. The molecule has 0 spiro atoms. The summed E-state index contributed by atoms with van der Waals surface area (Å²) in [7, 11) is 5.82. The topological polar surface area (TPSA) is 41.4 Å². The van der Waals surface area contributed by atoms with Crippen LogP contribution in [-0.4, -0.2) is 46.1 Å².